The summed E-state index contributed by atoms with van der Waals surface area (Å²) in [5.74, 6) is 1.15. The Morgan fingerprint density at radius 1 is 1.12 bits per heavy atom. The fourth-order valence-corrected chi connectivity index (χ4v) is 2.39. The first-order valence-corrected chi connectivity index (χ1v) is 6.74. The molecule has 1 fully saturated rings. The van der Waals surface area contributed by atoms with Gasteiger partial charge in [0.2, 0.25) is 0 Å². The predicted molar refractivity (Wildman–Crippen MR) is 72.3 cm³/mol. The van der Waals surface area contributed by atoms with Gasteiger partial charge in [0.15, 0.2) is 0 Å². The molecular weight excluding hydrogens is 210 g/mol. The zero-order chi connectivity index (χ0) is 11.9. The molecule has 3 nitrogen and oxygen atoms in total. The molecule has 1 aromatic rings. The van der Waals surface area contributed by atoms with E-state index >= 15 is 0 Å². The van der Waals surface area contributed by atoms with Gasteiger partial charge in [0.1, 0.15) is 5.82 Å². The molecule has 1 saturated heterocycles. The monoisotopic (exact) mass is 233 g/mol. The third kappa shape index (κ3) is 3.70. The highest BCUT2D eigenvalue weighted by Crippen LogP contribution is 2.17. The number of anilines is 1. The zero-order valence-electron chi connectivity index (χ0n) is 10.8. The summed E-state index contributed by atoms with van der Waals surface area (Å²) in [5, 5.41) is 3.15. The number of hydrogen-bond acceptors (Lipinski definition) is 3. The zero-order valence-corrected chi connectivity index (χ0v) is 10.8. The van der Waals surface area contributed by atoms with E-state index in [2.05, 4.69) is 27.3 Å². The quantitative estimate of drug-likeness (QED) is 0.869. The first-order valence-electron chi connectivity index (χ1n) is 6.74. The molecule has 1 aliphatic heterocycles. The Hall–Kier alpha value is -1.09. The standard InChI is InChI=1S/C14H23N3/c1-15-11-13-7-8-14(16-12-13)17-9-5-3-2-4-6-10-17/h7-8,12,15H,2-6,9-11H2,1H3. The molecule has 0 bridgehead atoms. The minimum Gasteiger partial charge on any atom is -0.357 e. The van der Waals surface area contributed by atoms with Crippen LogP contribution in [0.4, 0.5) is 5.82 Å². The van der Waals surface area contributed by atoms with Crippen LogP contribution in [0.5, 0.6) is 0 Å². The van der Waals surface area contributed by atoms with Crippen LogP contribution >= 0.6 is 0 Å². The SMILES string of the molecule is CNCc1ccc(N2CCCCCCC2)nc1. The molecule has 0 spiro atoms. The number of aromatic nitrogens is 1. The maximum Gasteiger partial charge on any atom is 0.128 e. The normalized spacial score (nSPS) is 17.6. The molecule has 0 aliphatic carbocycles. The third-order valence-electron chi connectivity index (χ3n) is 3.37. The Bertz CT molecular complexity index is 313. The van der Waals surface area contributed by atoms with Gasteiger partial charge in [-0.05, 0) is 31.5 Å². The van der Waals surface area contributed by atoms with E-state index in [1.165, 1.54) is 50.8 Å². The van der Waals surface area contributed by atoms with Gasteiger partial charge in [-0.3, -0.25) is 0 Å². The molecule has 2 heterocycles. The van der Waals surface area contributed by atoms with E-state index in [4.69, 9.17) is 0 Å². The van der Waals surface area contributed by atoms with E-state index in [0.717, 1.165) is 12.4 Å². The van der Waals surface area contributed by atoms with Gasteiger partial charge in [0.25, 0.3) is 0 Å². The molecule has 0 unspecified atom stereocenters. The molecule has 17 heavy (non-hydrogen) atoms. The molecule has 0 aromatic carbocycles. The van der Waals surface area contributed by atoms with Gasteiger partial charge in [-0.25, -0.2) is 4.98 Å². The van der Waals surface area contributed by atoms with Crippen LogP contribution in [0.25, 0.3) is 0 Å². The first-order chi connectivity index (χ1) is 8.40. The Morgan fingerprint density at radius 3 is 2.41 bits per heavy atom. The predicted octanol–water partition coefficient (Wildman–Crippen LogP) is 2.57. The van der Waals surface area contributed by atoms with Crippen molar-refractivity contribution in [2.45, 2.75) is 38.6 Å². The number of hydrogen-bond donors (Lipinski definition) is 1. The first kappa shape index (κ1) is 12.4. The third-order valence-corrected chi connectivity index (χ3v) is 3.37. The van der Waals surface area contributed by atoms with Crippen molar-refractivity contribution < 1.29 is 0 Å². The van der Waals surface area contributed by atoms with E-state index < -0.39 is 0 Å². The molecule has 94 valence electrons. The fraction of sp³-hybridized carbons (Fsp3) is 0.643. The Balaban J connectivity index is 1.99. The maximum atomic E-state index is 4.58. The molecule has 1 aliphatic rings. The van der Waals surface area contributed by atoms with Crippen molar-refractivity contribution in [3.05, 3.63) is 23.9 Å². The lowest BCUT2D eigenvalue weighted by molar-refractivity contribution is 0.553. The summed E-state index contributed by atoms with van der Waals surface area (Å²) in [4.78, 5) is 7.01. The van der Waals surface area contributed by atoms with Crippen LogP contribution in [0.15, 0.2) is 18.3 Å². The summed E-state index contributed by atoms with van der Waals surface area (Å²) in [5.41, 5.74) is 1.25. The topological polar surface area (TPSA) is 28.2 Å². The maximum absolute atomic E-state index is 4.58. The average Bonchev–Trinajstić information content (AvgIpc) is 2.30. The molecular formula is C14H23N3. The van der Waals surface area contributed by atoms with Crippen LogP contribution in [0.1, 0.15) is 37.7 Å². The summed E-state index contributed by atoms with van der Waals surface area (Å²) in [6.45, 7) is 3.23. The fourth-order valence-electron chi connectivity index (χ4n) is 2.39. The van der Waals surface area contributed by atoms with Crippen molar-refractivity contribution in [1.29, 1.82) is 0 Å². The minimum atomic E-state index is 0.896. The minimum absolute atomic E-state index is 0.896. The van der Waals surface area contributed by atoms with E-state index in [1.807, 2.05) is 13.2 Å². The van der Waals surface area contributed by atoms with Crippen molar-refractivity contribution >= 4 is 5.82 Å². The summed E-state index contributed by atoms with van der Waals surface area (Å²) in [7, 11) is 1.96. The summed E-state index contributed by atoms with van der Waals surface area (Å²) in [6, 6.07) is 4.34. The molecule has 0 saturated carbocycles. The van der Waals surface area contributed by atoms with Gasteiger partial charge >= 0.3 is 0 Å². The highest BCUT2D eigenvalue weighted by atomic mass is 15.2. The summed E-state index contributed by atoms with van der Waals surface area (Å²) < 4.78 is 0. The molecule has 0 radical (unpaired) electrons. The second-order valence-corrected chi connectivity index (χ2v) is 4.81. The van der Waals surface area contributed by atoms with Crippen molar-refractivity contribution in [2.24, 2.45) is 0 Å². The lowest BCUT2D eigenvalue weighted by Gasteiger charge is -2.25. The summed E-state index contributed by atoms with van der Waals surface area (Å²) >= 11 is 0. The molecule has 1 N–H and O–H groups in total. The smallest absolute Gasteiger partial charge is 0.128 e. The van der Waals surface area contributed by atoms with Crippen LogP contribution in [0.3, 0.4) is 0 Å². The van der Waals surface area contributed by atoms with Gasteiger partial charge in [-0.1, -0.05) is 25.3 Å². The van der Waals surface area contributed by atoms with E-state index in [-0.39, 0.29) is 0 Å². The Morgan fingerprint density at radius 2 is 1.82 bits per heavy atom. The molecule has 3 heteroatoms. The van der Waals surface area contributed by atoms with Crippen LogP contribution in [0, 0.1) is 0 Å². The second-order valence-electron chi connectivity index (χ2n) is 4.81. The van der Waals surface area contributed by atoms with Crippen LogP contribution in [-0.4, -0.2) is 25.1 Å². The van der Waals surface area contributed by atoms with E-state index in [1.54, 1.807) is 0 Å². The number of rotatable bonds is 3. The van der Waals surface area contributed by atoms with Gasteiger partial charge in [-0.15, -0.1) is 0 Å². The molecule has 1 aromatic heterocycles. The van der Waals surface area contributed by atoms with Crippen LogP contribution in [-0.2, 0) is 6.54 Å². The summed E-state index contributed by atoms with van der Waals surface area (Å²) in [6.07, 6.45) is 8.75. The highest BCUT2D eigenvalue weighted by Gasteiger charge is 2.09. The van der Waals surface area contributed by atoms with Crippen molar-refractivity contribution in [3.63, 3.8) is 0 Å². The lowest BCUT2D eigenvalue weighted by Crippen LogP contribution is -2.27. The number of nitrogens with zero attached hydrogens (tertiary/aromatic N) is 2. The molecule has 0 amide bonds. The van der Waals surface area contributed by atoms with Gasteiger partial charge < -0.3 is 10.2 Å². The average molecular weight is 233 g/mol. The largest absolute Gasteiger partial charge is 0.357 e. The van der Waals surface area contributed by atoms with E-state index in [0.29, 0.717) is 0 Å². The van der Waals surface area contributed by atoms with Crippen LogP contribution in [0.2, 0.25) is 0 Å². The van der Waals surface area contributed by atoms with Gasteiger partial charge in [-0.2, -0.15) is 0 Å². The number of nitrogens with one attached hydrogen (secondary N) is 1. The Kier molecular flexibility index (Phi) is 4.80. The van der Waals surface area contributed by atoms with Crippen molar-refractivity contribution in [2.75, 3.05) is 25.0 Å². The molecule has 2 rings (SSSR count). The van der Waals surface area contributed by atoms with Crippen molar-refractivity contribution in [3.8, 4) is 0 Å². The van der Waals surface area contributed by atoms with E-state index in [9.17, 15) is 0 Å². The number of pyridine rings is 1. The Labute approximate surface area is 104 Å². The molecule has 0 atom stereocenters. The van der Waals surface area contributed by atoms with Crippen molar-refractivity contribution in [1.82, 2.24) is 10.3 Å². The van der Waals surface area contributed by atoms with Crippen LogP contribution < -0.4 is 10.2 Å². The lowest BCUT2D eigenvalue weighted by atomic mass is 10.1. The second kappa shape index (κ2) is 6.60. The van der Waals surface area contributed by atoms with Gasteiger partial charge in [0.05, 0.1) is 0 Å². The highest BCUT2D eigenvalue weighted by molar-refractivity contribution is 5.39. The van der Waals surface area contributed by atoms with Gasteiger partial charge in [0, 0.05) is 25.8 Å².